The molecule has 0 aromatic heterocycles. The van der Waals surface area contributed by atoms with Gasteiger partial charge < -0.3 is 10.2 Å². The standard InChI is InChI=1S/C19H30N4/c1-16-7-12-23(13-8-16)19(20-2)21-10-14-22-11-9-17-5-3-4-6-18(17)15-22/h3-6,16H,7-15H2,1-2H3,(H,20,21). The SMILES string of the molecule is CN=C(NCCN1CCc2ccccc2C1)N1CCC(C)CC1. The van der Waals surface area contributed by atoms with Crippen LogP contribution in [-0.4, -0.2) is 55.5 Å². The first-order chi connectivity index (χ1) is 11.3. The van der Waals surface area contributed by atoms with E-state index in [4.69, 9.17) is 0 Å². The summed E-state index contributed by atoms with van der Waals surface area (Å²) in [5, 5.41) is 3.56. The third-order valence-corrected chi connectivity index (χ3v) is 5.22. The molecule has 0 unspecified atom stereocenters. The molecule has 0 bridgehead atoms. The van der Waals surface area contributed by atoms with Gasteiger partial charge in [0.25, 0.3) is 0 Å². The summed E-state index contributed by atoms with van der Waals surface area (Å²) in [7, 11) is 1.90. The fourth-order valence-electron chi connectivity index (χ4n) is 3.62. The number of nitrogens with one attached hydrogen (secondary N) is 1. The van der Waals surface area contributed by atoms with E-state index < -0.39 is 0 Å². The van der Waals surface area contributed by atoms with Crippen LogP contribution >= 0.6 is 0 Å². The van der Waals surface area contributed by atoms with Gasteiger partial charge in [0.1, 0.15) is 0 Å². The zero-order chi connectivity index (χ0) is 16.1. The van der Waals surface area contributed by atoms with Gasteiger partial charge in [0.15, 0.2) is 5.96 Å². The molecule has 2 aliphatic rings. The van der Waals surface area contributed by atoms with Crippen LogP contribution in [0.15, 0.2) is 29.3 Å². The van der Waals surface area contributed by atoms with Crippen LogP contribution in [-0.2, 0) is 13.0 Å². The number of piperidine rings is 1. The number of nitrogens with zero attached hydrogens (tertiary/aromatic N) is 3. The fraction of sp³-hybridized carbons (Fsp3) is 0.632. The van der Waals surface area contributed by atoms with Crippen molar-refractivity contribution in [2.24, 2.45) is 10.9 Å². The van der Waals surface area contributed by atoms with Crippen molar-refractivity contribution >= 4 is 5.96 Å². The number of rotatable bonds is 3. The molecule has 1 N–H and O–H groups in total. The van der Waals surface area contributed by atoms with Gasteiger partial charge in [0, 0.05) is 46.3 Å². The molecule has 0 saturated carbocycles. The van der Waals surface area contributed by atoms with Crippen molar-refractivity contribution in [3.8, 4) is 0 Å². The zero-order valence-corrected chi connectivity index (χ0v) is 14.6. The van der Waals surface area contributed by atoms with Crippen LogP contribution in [0.1, 0.15) is 30.9 Å². The van der Waals surface area contributed by atoms with Crippen LogP contribution in [0.3, 0.4) is 0 Å². The summed E-state index contributed by atoms with van der Waals surface area (Å²) >= 11 is 0. The molecule has 0 spiro atoms. The smallest absolute Gasteiger partial charge is 0.193 e. The zero-order valence-electron chi connectivity index (χ0n) is 14.6. The number of hydrogen-bond donors (Lipinski definition) is 1. The van der Waals surface area contributed by atoms with Crippen molar-refractivity contribution in [3.05, 3.63) is 35.4 Å². The average Bonchev–Trinajstić information content (AvgIpc) is 2.60. The molecule has 4 nitrogen and oxygen atoms in total. The van der Waals surface area contributed by atoms with Gasteiger partial charge in [-0.2, -0.15) is 0 Å². The second-order valence-corrected chi connectivity index (χ2v) is 6.94. The lowest BCUT2D eigenvalue weighted by Crippen LogP contribution is -2.47. The summed E-state index contributed by atoms with van der Waals surface area (Å²) < 4.78 is 0. The maximum Gasteiger partial charge on any atom is 0.193 e. The highest BCUT2D eigenvalue weighted by molar-refractivity contribution is 5.79. The minimum atomic E-state index is 0.859. The molecule has 1 fully saturated rings. The number of hydrogen-bond acceptors (Lipinski definition) is 2. The van der Waals surface area contributed by atoms with Crippen LogP contribution in [0.2, 0.25) is 0 Å². The van der Waals surface area contributed by atoms with Gasteiger partial charge in [-0.3, -0.25) is 9.89 Å². The number of aliphatic imine (C=N–C) groups is 1. The molecule has 0 radical (unpaired) electrons. The molecule has 1 saturated heterocycles. The third-order valence-electron chi connectivity index (χ3n) is 5.22. The van der Waals surface area contributed by atoms with Gasteiger partial charge in [-0.15, -0.1) is 0 Å². The minimum absolute atomic E-state index is 0.859. The normalized spacial score (nSPS) is 20.4. The van der Waals surface area contributed by atoms with E-state index in [-0.39, 0.29) is 0 Å². The maximum atomic E-state index is 4.47. The van der Waals surface area contributed by atoms with Crippen molar-refractivity contribution in [1.82, 2.24) is 15.1 Å². The van der Waals surface area contributed by atoms with E-state index >= 15 is 0 Å². The summed E-state index contributed by atoms with van der Waals surface area (Å²) in [4.78, 5) is 9.42. The van der Waals surface area contributed by atoms with E-state index in [0.29, 0.717) is 0 Å². The lowest BCUT2D eigenvalue weighted by molar-refractivity contribution is 0.251. The Kier molecular flexibility index (Phi) is 5.55. The number of likely N-dealkylation sites (tertiary alicyclic amines) is 1. The highest BCUT2D eigenvalue weighted by Gasteiger charge is 2.19. The molecule has 126 valence electrons. The highest BCUT2D eigenvalue weighted by Crippen LogP contribution is 2.18. The molecular formula is C19H30N4. The Labute approximate surface area is 140 Å². The minimum Gasteiger partial charge on any atom is -0.355 e. The van der Waals surface area contributed by atoms with Gasteiger partial charge in [-0.1, -0.05) is 31.2 Å². The van der Waals surface area contributed by atoms with Gasteiger partial charge in [-0.25, -0.2) is 0 Å². The summed E-state index contributed by atoms with van der Waals surface area (Å²) in [5.41, 5.74) is 3.02. The summed E-state index contributed by atoms with van der Waals surface area (Å²) in [6, 6.07) is 8.84. The molecular weight excluding hydrogens is 284 g/mol. The number of benzene rings is 1. The van der Waals surface area contributed by atoms with Gasteiger partial charge >= 0.3 is 0 Å². The largest absolute Gasteiger partial charge is 0.355 e. The molecule has 2 aliphatic heterocycles. The average molecular weight is 314 g/mol. The Morgan fingerprint density at radius 2 is 1.91 bits per heavy atom. The summed E-state index contributed by atoms with van der Waals surface area (Å²) in [6.45, 7) is 8.92. The Morgan fingerprint density at radius 1 is 1.17 bits per heavy atom. The molecule has 1 aromatic rings. The Hall–Kier alpha value is -1.55. The van der Waals surface area contributed by atoms with E-state index in [0.717, 1.165) is 44.6 Å². The summed E-state index contributed by atoms with van der Waals surface area (Å²) in [5.74, 6) is 1.94. The van der Waals surface area contributed by atoms with E-state index in [1.807, 2.05) is 7.05 Å². The number of fused-ring (bicyclic) bond motifs is 1. The van der Waals surface area contributed by atoms with Crippen molar-refractivity contribution in [3.63, 3.8) is 0 Å². The van der Waals surface area contributed by atoms with E-state index in [1.165, 1.54) is 36.9 Å². The second kappa shape index (κ2) is 7.82. The Bertz CT molecular complexity index is 532. The first kappa shape index (κ1) is 16.3. The van der Waals surface area contributed by atoms with Crippen molar-refractivity contribution in [2.75, 3.05) is 39.8 Å². The molecule has 2 heterocycles. The molecule has 0 amide bonds. The number of guanidine groups is 1. The van der Waals surface area contributed by atoms with Crippen molar-refractivity contribution in [1.29, 1.82) is 0 Å². The van der Waals surface area contributed by atoms with Gasteiger partial charge in [-0.05, 0) is 36.3 Å². The van der Waals surface area contributed by atoms with Gasteiger partial charge in [0.05, 0.1) is 0 Å². The van der Waals surface area contributed by atoms with E-state index in [9.17, 15) is 0 Å². The van der Waals surface area contributed by atoms with Crippen LogP contribution in [0.5, 0.6) is 0 Å². The summed E-state index contributed by atoms with van der Waals surface area (Å²) in [6.07, 6.45) is 3.74. The lowest BCUT2D eigenvalue weighted by Gasteiger charge is -2.33. The molecule has 0 aliphatic carbocycles. The maximum absolute atomic E-state index is 4.47. The monoisotopic (exact) mass is 314 g/mol. The topological polar surface area (TPSA) is 30.9 Å². The van der Waals surface area contributed by atoms with E-state index in [2.05, 4.69) is 51.3 Å². The van der Waals surface area contributed by atoms with Crippen molar-refractivity contribution in [2.45, 2.75) is 32.7 Å². The predicted octanol–water partition coefficient (Wildman–Crippen LogP) is 2.35. The van der Waals surface area contributed by atoms with Crippen LogP contribution in [0.25, 0.3) is 0 Å². The second-order valence-electron chi connectivity index (χ2n) is 6.94. The first-order valence-corrected chi connectivity index (χ1v) is 9.01. The van der Waals surface area contributed by atoms with Crippen molar-refractivity contribution < 1.29 is 0 Å². The quantitative estimate of drug-likeness (QED) is 0.686. The van der Waals surface area contributed by atoms with Gasteiger partial charge in [0.2, 0.25) is 0 Å². The fourth-order valence-corrected chi connectivity index (χ4v) is 3.62. The van der Waals surface area contributed by atoms with Crippen LogP contribution in [0, 0.1) is 5.92 Å². The van der Waals surface area contributed by atoms with Crippen LogP contribution in [0.4, 0.5) is 0 Å². The molecule has 1 aromatic carbocycles. The highest BCUT2D eigenvalue weighted by atomic mass is 15.3. The van der Waals surface area contributed by atoms with Crippen LogP contribution < -0.4 is 5.32 Å². The first-order valence-electron chi connectivity index (χ1n) is 9.01. The lowest BCUT2D eigenvalue weighted by atomic mass is 9.99. The molecule has 4 heteroatoms. The van der Waals surface area contributed by atoms with E-state index in [1.54, 1.807) is 0 Å². The Balaban J connectivity index is 1.44. The Morgan fingerprint density at radius 3 is 2.65 bits per heavy atom. The third kappa shape index (κ3) is 4.25. The molecule has 0 atom stereocenters. The molecule has 23 heavy (non-hydrogen) atoms. The predicted molar refractivity (Wildman–Crippen MR) is 96.8 cm³/mol. The molecule has 3 rings (SSSR count).